The third kappa shape index (κ3) is 5.07. The maximum absolute atomic E-state index is 11.2. The molecule has 28 heavy (non-hydrogen) atoms. The second kappa shape index (κ2) is 9.32. The summed E-state index contributed by atoms with van der Waals surface area (Å²) >= 11 is 3.56. The van der Waals surface area contributed by atoms with Gasteiger partial charge in [0.1, 0.15) is 0 Å². The summed E-state index contributed by atoms with van der Waals surface area (Å²) in [4.78, 5) is 13.3. The van der Waals surface area contributed by atoms with Crippen molar-refractivity contribution < 1.29 is 4.79 Å². The molecular formula is C21H22BrN5O. The fraction of sp³-hybridized carbons (Fsp3) is 0.190. The van der Waals surface area contributed by atoms with E-state index in [4.69, 9.17) is 5.73 Å². The molecule has 3 aromatic rings. The minimum Gasteiger partial charge on any atom is -0.381 e. The lowest BCUT2D eigenvalue weighted by molar-refractivity contribution is 0.0994. The van der Waals surface area contributed by atoms with Crippen LogP contribution < -0.4 is 16.0 Å². The number of hydrogen-bond donors (Lipinski definition) is 2. The molecular weight excluding hydrogens is 418 g/mol. The van der Waals surface area contributed by atoms with Crippen molar-refractivity contribution in [1.29, 1.82) is 0 Å². The van der Waals surface area contributed by atoms with Crippen LogP contribution in [-0.4, -0.2) is 22.6 Å². The van der Waals surface area contributed by atoms with Crippen molar-refractivity contribution in [2.24, 2.45) is 5.73 Å². The van der Waals surface area contributed by atoms with Crippen LogP contribution in [0.3, 0.4) is 0 Å². The van der Waals surface area contributed by atoms with Gasteiger partial charge in [-0.15, -0.1) is 10.2 Å². The number of carbonyl (C=O) groups is 1. The predicted molar refractivity (Wildman–Crippen MR) is 115 cm³/mol. The monoisotopic (exact) mass is 439 g/mol. The number of halogens is 1. The molecule has 144 valence electrons. The summed E-state index contributed by atoms with van der Waals surface area (Å²) in [5, 5.41) is 11.6. The number of amides is 1. The van der Waals surface area contributed by atoms with Crippen molar-refractivity contribution in [3.63, 3.8) is 0 Å². The first-order valence-electron chi connectivity index (χ1n) is 9.01. The molecule has 0 atom stereocenters. The molecule has 0 radical (unpaired) electrons. The van der Waals surface area contributed by atoms with Crippen molar-refractivity contribution in [2.45, 2.75) is 20.0 Å². The molecule has 2 aromatic carbocycles. The summed E-state index contributed by atoms with van der Waals surface area (Å²) < 4.78 is 1.01. The first-order chi connectivity index (χ1) is 13.6. The van der Waals surface area contributed by atoms with Crippen LogP contribution in [0.1, 0.15) is 28.5 Å². The molecule has 0 fully saturated rings. The number of aromatic nitrogens is 2. The zero-order valence-corrected chi connectivity index (χ0v) is 17.2. The number of nitrogens with zero attached hydrogens (tertiary/aromatic N) is 3. The molecule has 0 saturated heterocycles. The Bertz CT molecular complexity index is 931. The molecule has 1 heterocycles. The number of anilines is 2. The molecule has 6 nitrogen and oxygen atoms in total. The van der Waals surface area contributed by atoms with Gasteiger partial charge in [0.25, 0.3) is 5.91 Å². The molecule has 1 amide bonds. The van der Waals surface area contributed by atoms with Gasteiger partial charge in [-0.2, -0.15) is 0 Å². The van der Waals surface area contributed by atoms with Gasteiger partial charge in [0.2, 0.25) is 0 Å². The smallest absolute Gasteiger partial charge is 0.269 e. The first kappa shape index (κ1) is 19.8. The number of nitrogens with two attached hydrogens (primary N) is 1. The van der Waals surface area contributed by atoms with Gasteiger partial charge in [-0.25, -0.2) is 0 Å². The number of rotatable bonds is 8. The number of benzene rings is 2. The fourth-order valence-electron chi connectivity index (χ4n) is 2.84. The Kier molecular flexibility index (Phi) is 6.60. The van der Waals surface area contributed by atoms with E-state index < -0.39 is 5.91 Å². The maximum atomic E-state index is 11.2. The lowest BCUT2D eigenvalue weighted by atomic mass is 10.1. The summed E-state index contributed by atoms with van der Waals surface area (Å²) in [6.07, 6.45) is 0. The highest BCUT2D eigenvalue weighted by molar-refractivity contribution is 9.10. The molecule has 1 aromatic heterocycles. The molecule has 7 heteroatoms. The maximum Gasteiger partial charge on any atom is 0.269 e. The first-order valence-corrected chi connectivity index (χ1v) is 9.81. The average Bonchev–Trinajstić information content (AvgIpc) is 2.72. The summed E-state index contributed by atoms with van der Waals surface area (Å²) in [6.45, 7) is 4.19. The van der Waals surface area contributed by atoms with E-state index in [9.17, 15) is 4.79 Å². The minimum absolute atomic E-state index is 0.160. The van der Waals surface area contributed by atoms with E-state index in [1.807, 2.05) is 24.3 Å². The standard InChI is InChI=1S/C21H22BrN5O/c1-2-27(20-11-10-19(21(23)28)25-26-20)14-16-12-17(22)8-9-18(16)24-13-15-6-4-3-5-7-15/h3-12,24H,2,13-14H2,1H3,(H2,23,28). The Balaban J connectivity index is 1.79. The molecule has 0 unspecified atom stereocenters. The summed E-state index contributed by atoms with van der Waals surface area (Å²) in [5.74, 6) is 0.114. The third-order valence-corrected chi connectivity index (χ3v) is 4.86. The highest BCUT2D eigenvalue weighted by Gasteiger charge is 2.12. The predicted octanol–water partition coefficient (Wildman–Crippen LogP) is 3.98. The van der Waals surface area contributed by atoms with Gasteiger partial charge in [-0.05, 0) is 48.4 Å². The number of nitrogens with one attached hydrogen (secondary N) is 1. The second-order valence-electron chi connectivity index (χ2n) is 6.30. The van der Waals surface area contributed by atoms with Gasteiger partial charge < -0.3 is 16.0 Å². The summed E-state index contributed by atoms with van der Waals surface area (Å²) in [5.41, 5.74) is 8.82. The largest absolute Gasteiger partial charge is 0.381 e. The van der Waals surface area contributed by atoms with Crippen molar-refractivity contribution in [3.05, 3.63) is 82.0 Å². The molecule has 3 N–H and O–H groups in total. The van der Waals surface area contributed by atoms with Gasteiger partial charge in [0, 0.05) is 29.8 Å². The van der Waals surface area contributed by atoms with Gasteiger partial charge in [0.05, 0.1) is 0 Å². The molecule has 0 aliphatic carbocycles. The summed E-state index contributed by atoms with van der Waals surface area (Å²) in [7, 11) is 0. The van der Waals surface area contributed by atoms with Crippen molar-refractivity contribution in [2.75, 3.05) is 16.8 Å². The second-order valence-corrected chi connectivity index (χ2v) is 7.21. The van der Waals surface area contributed by atoms with Crippen LogP contribution in [0, 0.1) is 0 Å². The molecule has 3 rings (SSSR count). The Morgan fingerprint density at radius 3 is 2.54 bits per heavy atom. The van der Waals surface area contributed by atoms with E-state index >= 15 is 0 Å². The SMILES string of the molecule is CCN(Cc1cc(Br)ccc1NCc1ccccc1)c1ccc(C(N)=O)nn1. The topological polar surface area (TPSA) is 84.1 Å². The van der Waals surface area contributed by atoms with Gasteiger partial charge in [-0.1, -0.05) is 46.3 Å². The van der Waals surface area contributed by atoms with E-state index in [2.05, 4.69) is 67.5 Å². The van der Waals surface area contributed by atoms with E-state index in [1.165, 1.54) is 5.56 Å². The molecule has 0 aliphatic rings. The van der Waals surface area contributed by atoms with Crippen LogP contribution in [0.4, 0.5) is 11.5 Å². The Morgan fingerprint density at radius 1 is 1.11 bits per heavy atom. The van der Waals surface area contributed by atoms with E-state index in [1.54, 1.807) is 12.1 Å². The lowest BCUT2D eigenvalue weighted by Gasteiger charge is -2.23. The number of primary amides is 1. The normalized spacial score (nSPS) is 10.5. The molecule has 0 saturated carbocycles. The van der Waals surface area contributed by atoms with Gasteiger partial charge >= 0.3 is 0 Å². The van der Waals surface area contributed by atoms with Crippen LogP contribution in [0.15, 0.2) is 65.1 Å². The Labute approximate surface area is 172 Å². The van der Waals surface area contributed by atoms with Crippen molar-refractivity contribution in [3.8, 4) is 0 Å². The summed E-state index contributed by atoms with van der Waals surface area (Å²) in [6, 6.07) is 19.8. The van der Waals surface area contributed by atoms with E-state index in [-0.39, 0.29) is 5.69 Å². The average molecular weight is 440 g/mol. The van der Waals surface area contributed by atoms with Crippen LogP contribution >= 0.6 is 15.9 Å². The molecule has 0 bridgehead atoms. The zero-order valence-electron chi connectivity index (χ0n) is 15.6. The van der Waals surface area contributed by atoms with Crippen LogP contribution in [0.5, 0.6) is 0 Å². The lowest BCUT2D eigenvalue weighted by Crippen LogP contribution is -2.25. The molecule has 0 spiro atoms. The van der Waals surface area contributed by atoms with Crippen molar-refractivity contribution in [1.82, 2.24) is 10.2 Å². The van der Waals surface area contributed by atoms with Crippen LogP contribution in [0.25, 0.3) is 0 Å². The quantitative estimate of drug-likeness (QED) is 0.554. The van der Waals surface area contributed by atoms with Crippen molar-refractivity contribution >= 4 is 33.3 Å². The zero-order chi connectivity index (χ0) is 19.9. The van der Waals surface area contributed by atoms with E-state index in [0.29, 0.717) is 12.4 Å². The minimum atomic E-state index is -0.582. The van der Waals surface area contributed by atoms with Crippen LogP contribution in [0.2, 0.25) is 0 Å². The Hall–Kier alpha value is -2.93. The highest BCUT2D eigenvalue weighted by atomic mass is 79.9. The third-order valence-electron chi connectivity index (χ3n) is 4.36. The van der Waals surface area contributed by atoms with Gasteiger partial charge in [0.15, 0.2) is 11.5 Å². The highest BCUT2D eigenvalue weighted by Crippen LogP contribution is 2.25. The Morgan fingerprint density at radius 2 is 1.89 bits per heavy atom. The number of hydrogen-bond acceptors (Lipinski definition) is 5. The van der Waals surface area contributed by atoms with E-state index in [0.717, 1.165) is 28.8 Å². The van der Waals surface area contributed by atoms with Gasteiger partial charge in [-0.3, -0.25) is 4.79 Å². The fourth-order valence-corrected chi connectivity index (χ4v) is 3.25. The molecule has 0 aliphatic heterocycles. The van der Waals surface area contributed by atoms with Crippen LogP contribution in [-0.2, 0) is 13.1 Å². The number of carbonyl (C=O) groups excluding carboxylic acids is 1.